The summed E-state index contributed by atoms with van der Waals surface area (Å²) in [4.78, 5) is 36.0. The summed E-state index contributed by atoms with van der Waals surface area (Å²) in [6, 6.07) is 0. The molecule has 2 aliphatic rings. The number of fused-ring (bicyclic) bond motifs is 1. The topological polar surface area (TPSA) is 99.1 Å². The van der Waals surface area contributed by atoms with Crippen molar-refractivity contribution in [1.82, 2.24) is 0 Å². The van der Waals surface area contributed by atoms with Crippen LogP contribution in [0, 0.1) is 5.92 Å². The molecule has 146 valence electrons. The third-order valence-corrected chi connectivity index (χ3v) is 4.68. The van der Waals surface area contributed by atoms with Crippen molar-refractivity contribution in [2.45, 2.75) is 38.1 Å². The zero-order valence-electron chi connectivity index (χ0n) is 15.5. The SMILES string of the molecule is C=C(C)C(=O)O[C@H]1/C(C=O)=C\CCC(CO)=C[C@H]2OC(=O)C(=C)[C@@H]2[C@@H]1OC. The molecule has 1 aliphatic heterocycles. The molecule has 1 heterocycles. The van der Waals surface area contributed by atoms with E-state index >= 15 is 0 Å². The summed E-state index contributed by atoms with van der Waals surface area (Å²) in [5.74, 6) is -1.96. The molecular formula is C20H24O7. The van der Waals surface area contributed by atoms with Crippen molar-refractivity contribution in [1.29, 1.82) is 0 Å². The number of carbonyl (C=O) groups excluding carboxylic acids is 3. The van der Waals surface area contributed by atoms with Gasteiger partial charge in [0.25, 0.3) is 0 Å². The highest BCUT2D eigenvalue weighted by Gasteiger charge is 2.47. The van der Waals surface area contributed by atoms with E-state index in [1.165, 1.54) is 14.0 Å². The van der Waals surface area contributed by atoms with Gasteiger partial charge < -0.3 is 19.3 Å². The molecule has 1 aliphatic carbocycles. The Hall–Kier alpha value is -2.51. The lowest BCUT2D eigenvalue weighted by atomic mass is 9.83. The zero-order chi connectivity index (χ0) is 20.1. The number of allylic oxidation sites excluding steroid dienone is 1. The number of ether oxygens (including phenoxy) is 3. The normalized spacial score (nSPS) is 30.3. The van der Waals surface area contributed by atoms with E-state index in [2.05, 4.69) is 13.2 Å². The first-order valence-corrected chi connectivity index (χ1v) is 8.58. The Labute approximate surface area is 158 Å². The minimum absolute atomic E-state index is 0.155. The molecule has 7 heteroatoms. The standard InChI is InChI=1S/C20H24O7/c1-11(2)19(23)27-17-14(10-22)7-5-6-13(9-21)8-15-16(18(17)25-4)12(3)20(24)26-15/h7-8,10,15-18,21H,1,3,5-6,9H2,2,4H3/b13-8?,14-7-/t15-,16+,17+,18+/m1/s1. The summed E-state index contributed by atoms with van der Waals surface area (Å²) < 4.78 is 16.4. The molecule has 4 atom stereocenters. The number of methoxy groups -OCH3 is 1. The second kappa shape index (κ2) is 8.92. The summed E-state index contributed by atoms with van der Waals surface area (Å²) in [6.07, 6.45) is 2.12. The Morgan fingerprint density at radius 3 is 2.74 bits per heavy atom. The number of hydrogen-bond donors (Lipinski definition) is 1. The van der Waals surface area contributed by atoms with Crippen LogP contribution < -0.4 is 0 Å². The van der Waals surface area contributed by atoms with Gasteiger partial charge in [0.05, 0.1) is 12.5 Å². The smallest absolute Gasteiger partial charge is 0.334 e. The average Bonchev–Trinajstić information content (AvgIpc) is 2.91. The van der Waals surface area contributed by atoms with E-state index in [9.17, 15) is 19.5 Å². The molecule has 1 fully saturated rings. The number of hydrogen-bond acceptors (Lipinski definition) is 7. The van der Waals surface area contributed by atoms with Crippen LogP contribution in [0.2, 0.25) is 0 Å². The number of esters is 2. The molecule has 0 spiro atoms. The van der Waals surface area contributed by atoms with Crippen molar-refractivity contribution >= 4 is 18.2 Å². The summed E-state index contributed by atoms with van der Waals surface area (Å²) in [7, 11) is 1.39. The van der Waals surface area contributed by atoms with E-state index in [1.807, 2.05) is 0 Å². The van der Waals surface area contributed by atoms with Gasteiger partial charge in [-0.15, -0.1) is 0 Å². The summed E-state index contributed by atoms with van der Waals surface area (Å²) in [5, 5.41) is 9.57. The van der Waals surface area contributed by atoms with Crippen LogP contribution in [-0.2, 0) is 28.6 Å². The van der Waals surface area contributed by atoms with E-state index in [4.69, 9.17) is 14.2 Å². The van der Waals surface area contributed by atoms with E-state index in [0.29, 0.717) is 24.7 Å². The van der Waals surface area contributed by atoms with Gasteiger partial charge >= 0.3 is 11.9 Å². The molecule has 0 aromatic heterocycles. The molecule has 27 heavy (non-hydrogen) atoms. The maximum absolute atomic E-state index is 12.1. The maximum atomic E-state index is 12.1. The van der Waals surface area contributed by atoms with Crippen LogP contribution in [0.15, 0.2) is 47.6 Å². The largest absolute Gasteiger partial charge is 0.454 e. The van der Waals surface area contributed by atoms with Gasteiger partial charge in [-0.3, -0.25) is 4.79 Å². The van der Waals surface area contributed by atoms with Crippen molar-refractivity contribution < 1.29 is 33.7 Å². The monoisotopic (exact) mass is 376 g/mol. The number of aliphatic hydroxyl groups excluding tert-OH is 1. The number of rotatable bonds is 5. The van der Waals surface area contributed by atoms with Crippen molar-refractivity contribution in [2.75, 3.05) is 13.7 Å². The molecule has 2 rings (SSSR count). The van der Waals surface area contributed by atoms with E-state index < -0.39 is 36.2 Å². The lowest BCUT2D eigenvalue weighted by Crippen LogP contribution is -2.43. The molecule has 1 saturated heterocycles. The van der Waals surface area contributed by atoms with Gasteiger partial charge in [-0.2, -0.15) is 0 Å². The fraction of sp³-hybridized carbons (Fsp3) is 0.450. The van der Waals surface area contributed by atoms with Gasteiger partial charge in [-0.25, -0.2) is 9.59 Å². The van der Waals surface area contributed by atoms with Crippen LogP contribution in [0.4, 0.5) is 0 Å². The third kappa shape index (κ3) is 4.43. The van der Waals surface area contributed by atoms with Crippen molar-refractivity contribution in [2.24, 2.45) is 5.92 Å². The molecule has 0 bridgehead atoms. The highest BCUT2D eigenvalue weighted by molar-refractivity contribution is 5.91. The maximum Gasteiger partial charge on any atom is 0.334 e. The first-order chi connectivity index (χ1) is 12.8. The molecular weight excluding hydrogens is 352 g/mol. The first kappa shape index (κ1) is 20.8. The number of aliphatic hydroxyl groups is 1. The molecule has 0 radical (unpaired) electrons. The predicted octanol–water partition coefficient (Wildman–Crippen LogP) is 1.42. The minimum atomic E-state index is -1.06. The van der Waals surface area contributed by atoms with Gasteiger partial charge in [0, 0.05) is 23.8 Å². The molecule has 0 aromatic carbocycles. The second-order valence-corrected chi connectivity index (χ2v) is 6.57. The lowest BCUT2D eigenvalue weighted by molar-refractivity contribution is -0.152. The van der Waals surface area contributed by atoms with E-state index in [-0.39, 0.29) is 23.3 Å². The van der Waals surface area contributed by atoms with Gasteiger partial charge in [0.2, 0.25) is 0 Å². The fourth-order valence-corrected chi connectivity index (χ4v) is 3.23. The first-order valence-electron chi connectivity index (χ1n) is 8.58. The Balaban J connectivity index is 2.55. The Morgan fingerprint density at radius 2 is 2.19 bits per heavy atom. The number of aldehydes is 1. The Kier molecular flexibility index (Phi) is 6.87. The summed E-state index contributed by atoms with van der Waals surface area (Å²) >= 11 is 0. The van der Waals surface area contributed by atoms with Crippen LogP contribution in [0.3, 0.4) is 0 Å². The molecule has 0 unspecified atom stereocenters. The van der Waals surface area contributed by atoms with Gasteiger partial charge in [-0.1, -0.05) is 19.2 Å². The fourth-order valence-electron chi connectivity index (χ4n) is 3.23. The minimum Gasteiger partial charge on any atom is -0.454 e. The predicted molar refractivity (Wildman–Crippen MR) is 96.6 cm³/mol. The lowest BCUT2D eigenvalue weighted by Gasteiger charge is -2.32. The summed E-state index contributed by atoms with van der Waals surface area (Å²) in [5.41, 5.74) is 1.20. The number of carbonyl (C=O) groups is 3. The van der Waals surface area contributed by atoms with Crippen molar-refractivity contribution in [3.63, 3.8) is 0 Å². The highest BCUT2D eigenvalue weighted by Crippen LogP contribution is 2.37. The Bertz CT molecular complexity index is 716. The van der Waals surface area contributed by atoms with Crippen LogP contribution in [-0.4, -0.2) is 55.4 Å². The van der Waals surface area contributed by atoms with Crippen LogP contribution in [0.25, 0.3) is 0 Å². The summed E-state index contributed by atoms with van der Waals surface area (Å²) in [6.45, 7) is 8.63. The molecule has 0 aromatic rings. The third-order valence-electron chi connectivity index (χ3n) is 4.68. The Morgan fingerprint density at radius 1 is 1.48 bits per heavy atom. The average molecular weight is 376 g/mol. The van der Waals surface area contributed by atoms with Gasteiger partial charge in [-0.05, 0) is 31.4 Å². The van der Waals surface area contributed by atoms with Crippen molar-refractivity contribution in [3.05, 3.63) is 47.6 Å². The highest BCUT2D eigenvalue weighted by atomic mass is 16.6. The second-order valence-electron chi connectivity index (χ2n) is 6.57. The quantitative estimate of drug-likeness (QED) is 0.335. The molecule has 1 N–H and O–H groups in total. The van der Waals surface area contributed by atoms with Crippen LogP contribution in [0.1, 0.15) is 19.8 Å². The van der Waals surface area contributed by atoms with Crippen molar-refractivity contribution in [3.8, 4) is 0 Å². The zero-order valence-corrected chi connectivity index (χ0v) is 15.5. The molecule has 0 amide bonds. The van der Waals surface area contributed by atoms with E-state index in [0.717, 1.165) is 0 Å². The van der Waals surface area contributed by atoms with Crippen LogP contribution in [0.5, 0.6) is 0 Å². The van der Waals surface area contributed by atoms with Gasteiger partial charge in [0.15, 0.2) is 6.10 Å². The molecule has 0 saturated carbocycles. The molecule has 7 nitrogen and oxygen atoms in total. The van der Waals surface area contributed by atoms with Gasteiger partial charge in [0.1, 0.15) is 18.5 Å². The van der Waals surface area contributed by atoms with E-state index in [1.54, 1.807) is 12.2 Å². The van der Waals surface area contributed by atoms with Crippen LogP contribution >= 0.6 is 0 Å².